The number of nitrogens with one attached hydrogen (secondary N) is 1. The number of aryl methyl sites for hydroxylation is 1. The molecule has 33 heavy (non-hydrogen) atoms. The molecule has 2 N–H and O–H groups in total. The number of H-pyrrole nitrogens is 1. The number of pyridine rings is 1. The number of methoxy groups -OCH3 is 1. The third kappa shape index (κ3) is 3.80. The molecule has 4 rings (SSSR count). The van der Waals surface area contributed by atoms with Gasteiger partial charge in [0.05, 0.1) is 18.7 Å². The molecule has 0 spiro atoms. The second kappa shape index (κ2) is 8.74. The minimum Gasteiger partial charge on any atom is -0.507 e. The first-order valence-electron chi connectivity index (χ1n) is 10.3. The molecular formula is C25H23N3O5. The van der Waals surface area contributed by atoms with Crippen LogP contribution in [0.25, 0.3) is 5.76 Å². The van der Waals surface area contributed by atoms with E-state index in [1.165, 1.54) is 12.0 Å². The summed E-state index contributed by atoms with van der Waals surface area (Å²) in [6, 6.07) is 11.8. The lowest BCUT2D eigenvalue weighted by Gasteiger charge is -2.25. The van der Waals surface area contributed by atoms with Gasteiger partial charge in [0.1, 0.15) is 11.5 Å². The van der Waals surface area contributed by atoms with Crippen molar-refractivity contribution in [1.82, 2.24) is 14.9 Å². The number of Topliss-reactive ketones (excluding diaryl/α,β-unsaturated/α-hetero) is 1. The molecule has 3 heterocycles. The zero-order chi connectivity index (χ0) is 23.7. The van der Waals surface area contributed by atoms with Crippen LogP contribution in [0, 0.1) is 13.8 Å². The van der Waals surface area contributed by atoms with Crippen molar-refractivity contribution in [2.24, 2.45) is 0 Å². The first-order valence-corrected chi connectivity index (χ1v) is 10.3. The lowest BCUT2D eigenvalue weighted by molar-refractivity contribution is -0.140. The molecule has 0 bridgehead atoms. The average Bonchev–Trinajstić information content (AvgIpc) is 3.27. The maximum atomic E-state index is 13.2. The van der Waals surface area contributed by atoms with Gasteiger partial charge in [-0.3, -0.25) is 14.6 Å². The fourth-order valence-corrected chi connectivity index (χ4v) is 4.26. The quantitative estimate of drug-likeness (QED) is 0.269. The topological polar surface area (TPSA) is 113 Å². The lowest BCUT2D eigenvalue weighted by atomic mass is 9.94. The monoisotopic (exact) mass is 445 g/mol. The SMILES string of the molecule is COC(=O)c1[nH]c(C)c(C(O)=C2C(=O)C(=O)N(Cc3cccnc3)[C@@H]2c2ccccc2)c1C. The minimum absolute atomic E-state index is 0.0308. The number of likely N-dealkylation sites (tertiary alicyclic amines) is 1. The molecule has 1 fully saturated rings. The van der Waals surface area contributed by atoms with E-state index in [1.54, 1.807) is 44.4 Å². The minimum atomic E-state index is -0.804. The van der Waals surface area contributed by atoms with Crippen molar-refractivity contribution in [3.05, 3.63) is 94.1 Å². The average molecular weight is 445 g/mol. The molecule has 0 aliphatic carbocycles. The van der Waals surface area contributed by atoms with E-state index in [0.717, 1.165) is 5.56 Å². The summed E-state index contributed by atoms with van der Waals surface area (Å²) < 4.78 is 4.80. The number of benzene rings is 1. The van der Waals surface area contributed by atoms with Crippen molar-refractivity contribution in [2.75, 3.05) is 7.11 Å². The number of carbonyl (C=O) groups excluding carboxylic acids is 3. The van der Waals surface area contributed by atoms with Crippen LogP contribution in [0.1, 0.15) is 44.5 Å². The van der Waals surface area contributed by atoms with Crippen molar-refractivity contribution in [2.45, 2.75) is 26.4 Å². The Morgan fingerprint density at radius 1 is 1.15 bits per heavy atom. The van der Waals surface area contributed by atoms with Gasteiger partial charge in [-0.25, -0.2) is 4.79 Å². The number of aromatic amines is 1. The number of nitrogens with zero attached hydrogens (tertiary/aromatic N) is 2. The van der Waals surface area contributed by atoms with Crippen LogP contribution in [0.5, 0.6) is 0 Å². The van der Waals surface area contributed by atoms with Crippen LogP contribution in [0.3, 0.4) is 0 Å². The van der Waals surface area contributed by atoms with E-state index in [0.29, 0.717) is 22.4 Å². The molecule has 1 aromatic carbocycles. The number of rotatable bonds is 5. The Labute approximate surface area is 190 Å². The largest absolute Gasteiger partial charge is 0.507 e. The van der Waals surface area contributed by atoms with E-state index in [4.69, 9.17) is 4.74 Å². The number of carbonyl (C=O) groups is 3. The van der Waals surface area contributed by atoms with Crippen molar-refractivity contribution in [3.8, 4) is 0 Å². The van der Waals surface area contributed by atoms with Gasteiger partial charge in [-0.15, -0.1) is 0 Å². The fourth-order valence-electron chi connectivity index (χ4n) is 4.26. The van der Waals surface area contributed by atoms with Gasteiger partial charge in [0.15, 0.2) is 0 Å². The van der Waals surface area contributed by atoms with E-state index in [2.05, 4.69) is 9.97 Å². The Morgan fingerprint density at radius 2 is 1.88 bits per heavy atom. The molecule has 1 amide bonds. The maximum Gasteiger partial charge on any atom is 0.354 e. The van der Waals surface area contributed by atoms with Crippen molar-refractivity contribution >= 4 is 23.4 Å². The van der Waals surface area contributed by atoms with Gasteiger partial charge in [-0.1, -0.05) is 36.4 Å². The van der Waals surface area contributed by atoms with Gasteiger partial charge < -0.3 is 19.7 Å². The van der Waals surface area contributed by atoms with Gasteiger partial charge in [-0.2, -0.15) is 0 Å². The molecular weight excluding hydrogens is 422 g/mol. The first kappa shape index (κ1) is 22.0. The van der Waals surface area contributed by atoms with E-state index in [1.807, 2.05) is 24.3 Å². The molecule has 2 aromatic heterocycles. The summed E-state index contributed by atoms with van der Waals surface area (Å²) in [6.07, 6.45) is 3.26. The van der Waals surface area contributed by atoms with Gasteiger partial charge in [0.2, 0.25) is 0 Å². The number of ketones is 1. The summed E-state index contributed by atoms with van der Waals surface area (Å²) in [6.45, 7) is 3.47. The highest BCUT2D eigenvalue weighted by molar-refractivity contribution is 6.46. The first-order chi connectivity index (χ1) is 15.8. The summed E-state index contributed by atoms with van der Waals surface area (Å²) in [5.74, 6) is -2.43. The van der Waals surface area contributed by atoms with E-state index in [-0.39, 0.29) is 23.6 Å². The number of aliphatic hydroxyl groups is 1. The van der Waals surface area contributed by atoms with Crippen LogP contribution in [-0.2, 0) is 20.9 Å². The molecule has 1 aliphatic heterocycles. The maximum absolute atomic E-state index is 13.2. The zero-order valence-electron chi connectivity index (χ0n) is 18.5. The van der Waals surface area contributed by atoms with E-state index >= 15 is 0 Å². The summed E-state index contributed by atoms with van der Waals surface area (Å²) in [5, 5.41) is 11.3. The zero-order valence-corrected chi connectivity index (χ0v) is 18.5. The lowest BCUT2D eigenvalue weighted by Crippen LogP contribution is -2.29. The predicted octanol–water partition coefficient (Wildman–Crippen LogP) is 3.44. The van der Waals surface area contributed by atoms with Crippen LogP contribution in [-0.4, -0.2) is 44.7 Å². The molecule has 1 saturated heterocycles. The number of ether oxygens (including phenoxy) is 1. The molecule has 0 unspecified atom stereocenters. The second-order valence-corrected chi connectivity index (χ2v) is 7.82. The summed E-state index contributed by atoms with van der Waals surface area (Å²) in [5.41, 5.74) is 2.80. The third-order valence-corrected chi connectivity index (χ3v) is 5.79. The molecule has 8 nitrogen and oxygen atoms in total. The number of amides is 1. The molecule has 3 aromatic rings. The Hall–Kier alpha value is -4.20. The predicted molar refractivity (Wildman–Crippen MR) is 120 cm³/mol. The second-order valence-electron chi connectivity index (χ2n) is 7.82. The molecule has 1 aliphatic rings. The Balaban J connectivity index is 1.90. The number of esters is 1. The van der Waals surface area contributed by atoms with Crippen LogP contribution in [0.2, 0.25) is 0 Å². The summed E-state index contributed by atoms with van der Waals surface area (Å²) >= 11 is 0. The summed E-state index contributed by atoms with van der Waals surface area (Å²) in [7, 11) is 1.26. The van der Waals surface area contributed by atoms with Crippen LogP contribution in [0.15, 0.2) is 60.4 Å². The third-order valence-electron chi connectivity index (χ3n) is 5.79. The van der Waals surface area contributed by atoms with Crippen molar-refractivity contribution < 1.29 is 24.2 Å². The fraction of sp³-hybridized carbons (Fsp3) is 0.200. The molecule has 0 saturated carbocycles. The highest BCUT2D eigenvalue weighted by Crippen LogP contribution is 2.41. The Bertz CT molecular complexity index is 1260. The normalized spacial score (nSPS) is 17.4. The molecule has 1 atom stereocenters. The highest BCUT2D eigenvalue weighted by atomic mass is 16.5. The van der Waals surface area contributed by atoms with Gasteiger partial charge in [0.25, 0.3) is 11.7 Å². The number of aliphatic hydroxyl groups excluding tert-OH is 1. The number of hydrogen-bond donors (Lipinski definition) is 2. The van der Waals surface area contributed by atoms with E-state index in [9.17, 15) is 19.5 Å². The number of aromatic nitrogens is 2. The van der Waals surface area contributed by atoms with Crippen molar-refractivity contribution in [1.29, 1.82) is 0 Å². The summed E-state index contributed by atoms with van der Waals surface area (Å²) in [4.78, 5) is 46.8. The molecule has 168 valence electrons. The number of hydrogen-bond acceptors (Lipinski definition) is 6. The van der Waals surface area contributed by atoms with Crippen LogP contribution >= 0.6 is 0 Å². The van der Waals surface area contributed by atoms with Gasteiger partial charge in [-0.05, 0) is 36.6 Å². The van der Waals surface area contributed by atoms with Gasteiger partial charge >= 0.3 is 5.97 Å². The van der Waals surface area contributed by atoms with Gasteiger partial charge in [0, 0.05) is 30.2 Å². The highest BCUT2D eigenvalue weighted by Gasteiger charge is 2.46. The smallest absolute Gasteiger partial charge is 0.354 e. The van der Waals surface area contributed by atoms with Crippen LogP contribution < -0.4 is 0 Å². The standard InChI is InChI=1S/C25H23N3O5/c1-14-18(15(2)27-20(14)25(32)33-3)22(29)19-21(17-9-5-4-6-10-17)28(24(31)23(19)30)13-16-8-7-11-26-12-16/h4-12,21,27,29H,13H2,1-3H3/t21-/m1/s1. The molecule has 0 radical (unpaired) electrons. The van der Waals surface area contributed by atoms with Crippen LogP contribution in [0.4, 0.5) is 0 Å². The molecule has 8 heteroatoms. The van der Waals surface area contributed by atoms with E-state index < -0.39 is 23.7 Å². The van der Waals surface area contributed by atoms with Crippen molar-refractivity contribution in [3.63, 3.8) is 0 Å². The Morgan fingerprint density at radius 3 is 2.52 bits per heavy atom. The Kier molecular flexibility index (Phi) is 5.83.